The van der Waals surface area contributed by atoms with E-state index >= 15 is 0 Å². The normalized spacial score (nSPS) is 17.3. The van der Waals surface area contributed by atoms with Gasteiger partial charge in [0, 0.05) is 62.3 Å². The second-order valence-corrected chi connectivity index (χ2v) is 10.1. The molecule has 3 N–H and O–H groups in total. The van der Waals surface area contributed by atoms with Gasteiger partial charge in [0.05, 0.1) is 30.6 Å². The first-order valence-electron chi connectivity index (χ1n) is 13.2. The Morgan fingerprint density at radius 2 is 2.10 bits per heavy atom. The number of ether oxygens (including phenoxy) is 1. The largest absolute Gasteiger partial charge is 0.478 e. The molecule has 0 spiro atoms. The van der Waals surface area contributed by atoms with Gasteiger partial charge in [-0.2, -0.15) is 0 Å². The zero-order chi connectivity index (χ0) is 27.7. The Labute approximate surface area is 227 Å². The lowest BCUT2D eigenvalue weighted by Crippen LogP contribution is -2.56. The first-order chi connectivity index (χ1) is 18.8. The number of rotatable bonds is 8. The Bertz CT molecular complexity index is 1480. The molecule has 206 valence electrons. The standard InChI is InChI=1S/C27H36N10O2/c1-7-21(37-11-10-35(4)17(3)14-37)25(38)33-24-23-18(8-9-28-24)19(13-29-23)22-16(2)12-30-27(32-22)31-20-15-36(5)34-26(20)39-6/h8-9,12-13,15,17,21,29H,7,10-11,14H2,1-6H3,(H,28,33,38)(H,30,31,32). The molecule has 4 aromatic rings. The highest BCUT2D eigenvalue weighted by molar-refractivity contribution is 6.05. The van der Waals surface area contributed by atoms with Crippen molar-refractivity contribution in [2.45, 2.75) is 39.3 Å². The zero-order valence-corrected chi connectivity index (χ0v) is 23.3. The van der Waals surface area contributed by atoms with Crippen LogP contribution >= 0.6 is 0 Å². The Morgan fingerprint density at radius 1 is 1.28 bits per heavy atom. The van der Waals surface area contributed by atoms with Crippen LogP contribution in [-0.2, 0) is 11.8 Å². The first-order valence-corrected chi connectivity index (χ1v) is 13.2. The molecular weight excluding hydrogens is 496 g/mol. The molecule has 12 nitrogen and oxygen atoms in total. The van der Waals surface area contributed by atoms with Gasteiger partial charge >= 0.3 is 0 Å². The molecule has 1 aliphatic heterocycles. The lowest BCUT2D eigenvalue weighted by molar-refractivity contribution is -0.122. The lowest BCUT2D eigenvalue weighted by Gasteiger charge is -2.40. The maximum Gasteiger partial charge on any atom is 0.256 e. The van der Waals surface area contributed by atoms with Gasteiger partial charge in [0.2, 0.25) is 11.9 Å². The van der Waals surface area contributed by atoms with Crippen LogP contribution in [0.5, 0.6) is 5.88 Å². The first kappa shape index (κ1) is 26.6. The summed E-state index contributed by atoms with van der Waals surface area (Å²) in [5.74, 6) is 1.35. The van der Waals surface area contributed by atoms with Crippen molar-refractivity contribution in [1.82, 2.24) is 39.5 Å². The number of methoxy groups -OCH3 is 1. The number of hydrogen-bond acceptors (Lipinski definition) is 9. The van der Waals surface area contributed by atoms with Crippen LogP contribution < -0.4 is 15.4 Å². The predicted molar refractivity (Wildman–Crippen MR) is 151 cm³/mol. The molecule has 39 heavy (non-hydrogen) atoms. The highest BCUT2D eigenvalue weighted by Gasteiger charge is 2.30. The number of aromatic amines is 1. The summed E-state index contributed by atoms with van der Waals surface area (Å²) in [4.78, 5) is 35.1. The maximum absolute atomic E-state index is 13.4. The Kier molecular flexibility index (Phi) is 7.49. The third-order valence-electron chi connectivity index (χ3n) is 7.43. The van der Waals surface area contributed by atoms with Gasteiger partial charge < -0.3 is 25.3 Å². The number of amides is 1. The summed E-state index contributed by atoms with van der Waals surface area (Å²) in [6, 6.07) is 2.12. The number of fused-ring (bicyclic) bond motifs is 1. The van der Waals surface area contributed by atoms with Gasteiger partial charge in [-0.1, -0.05) is 6.92 Å². The van der Waals surface area contributed by atoms with Crippen LogP contribution in [0.2, 0.25) is 0 Å². The summed E-state index contributed by atoms with van der Waals surface area (Å²) in [6.07, 6.45) is 7.92. The van der Waals surface area contributed by atoms with Crippen LogP contribution in [0, 0.1) is 6.92 Å². The topological polar surface area (TPSA) is 129 Å². The molecule has 1 fully saturated rings. The second kappa shape index (κ2) is 11.0. The minimum absolute atomic E-state index is 0.0412. The van der Waals surface area contributed by atoms with Crippen LogP contribution in [0.25, 0.3) is 22.2 Å². The number of nitrogens with one attached hydrogen (secondary N) is 3. The van der Waals surface area contributed by atoms with Crippen LogP contribution in [-0.4, -0.2) is 91.3 Å². The van der Waals surface area contributed by atoms with E-state index in [0.717, 1.165) is 53.8 Å². The molecule has 5 rings (SSSR count). The van der Waals surface area contributed by atoms with E-state index in [9.17, 15) is 4.79 Å². The van der Waals surface area contributed by atoms with Crippen molar-refractivity contribution in [3.63, 3.8) is 0 Å². The average Bonchev–Trinajstić information content (AvgIpc) is 3.51. The molecule has 1 amide bonds. The molecule has 0 radical (unpaired) electrons. The van der Waals surface area contributed by atoms with Crippen molar-refractivity contribution in [3.05, 3.63) is 36.4 Å². The number of carbonyl (C=O) groups is 1. The molecule has 1 aliphatic rings. The van der Waals surface area contributed by atoms with Crippen LogP contribution in [0.4, 0.5) is 17.5 Å². The Balaban J connectivity index is 1.41. The fourth-order valence-electron chi connectivity index (χ4n) is 5.11. The van der Waals surface area contributed by atoms with Gasteiger partial charge in [0.1, 0.15) is 5.69 Å². The second-order valence-electron chi connectivity index (χ2n) is 10.1. The summed E-state index contributed by atoms with van der Waals surface area (Å²) in [6.45, 7) is 8.89. The lowest BCUT2D eigenvalue weighted by atomic mass is 10.1. The third-order valence-corrected chi connectivity index (χ3v) is 7.43. The molecule has 0 aromatic carbocycles. The molecule has 5 heterocycles. The average molecular weight is 533 g/mol. The summed E-state index contributed by atoms with van der Waals surface area (Å²) < 4.78 is 7.00. The molecule has 4 aromatic heterocycles. The smallest absolute Gasteiger partial charge is 0.256 e. The monoisotopic (exact) mass is 532 g/mol. The number of carbonyl (C=O) groups excluding carboxylic acids is 1. The van der Waals surface area contributed by atoms with E-state index in [1.165, 1.54) is 0 Å². The zero-order valence-electron chi connectivity index (χ0n) is 23.3. The molecule has 1 saturated heterocycles. The fraction of sp³-hybridized carbons (Fsp3) is 0.444. The molecular formula is C27H36N10O2. The SMILES string of the molecule is CCC(C(=O)Nc1nccc2c(-c3nc(Nc4cn(C)nc4OC)ncc3C)c[nH]c12)N1CCN(C)C(C)C1. The van der Waals surface area contributed by atoms with E-state index in [1.54, 1.807) is 30.4 Å². The van der Waals surface area contributed by atoms with Gasteiger partial charge in [-0.05, 0) is 38.9 Å². The number of aryl methyl sites for hydroxylation is 2. The van der Waals surface area contributed by atoms with Gasteiger partial charge in [-0.15, -0.1) is 5.10 Å². The molecule has 2 unspecified atom stereocenters. The quantitative estimate of drug-likeness (QED) is 0.313. The third kappa shape index (κ3) is 5.30. The van der Waals surface area contributed by atoms with Gasteiger partial charge in [-0.25, -0.2) is 15.0 Å². The van der Waals surface area contributed by atoms with E-state index in [4.69, 9.17) is 9.72 Å². The number of anilines is 3. The minimum Gasteiger partial charge on any atom is -0.478 e. The van der Waals surface area contributed by atoms with Crippen molar-refractivity contribution in [3.8, 4) is 17.1 Å². The number of pyridine rings is 1. The maximum atomic E-state index is 13.4. The number of hydrogen-bond donors (Lipinski definition) is 3. The van der Waals surface area contributed by atoms with Crippen LogP contribution in [0.3, 0.4) is 0 Å². The summed E-state index contributed by atoms with van der Waals surface area (Å²) in [7, 11) is 5.52. The van der Waals surface area contributed by atoms with Crippen molar-refractivity contribution >= 4 is 34.3 Å². The minimum atomic E-state index is -0.213. The Morgan fingerprint density at radius 3 is 2.85 bits per heavy atom. The number of aromatic nitrogens is 6. The van der Waals surface area contributed by atoms with Crippen LogP contribution in [0.1, 0.15) is 25.8 Å². The van der Waals surface area contributed by atoms with Gasteiger partial charge in [0.15, 0.2) is 5.82 Å². The van der Waals surface area contributed by atoms with Crippen molar-refractivity contribution in [2.24, 2.45) is 7.05 Å². The highest BCUT2D eigenvalue weighted by atomic mass is 16.5. The molecule has 12 heteroatoms. The number of nitrogens with zero attached hydrogens (tertiary/aromatic N) is 7. The number of H-pyrrole nitrogens is 1. The van der Waals surface area contributed by atoms with Gasteiger partial charge in [0.25, 0.3) is 5.88 Å². The number of piperazine rings is 1. The highest BCUT2D eigenvalue weighted by Crippen LogP contribution is 2.33. The predicted octanol–water partition coefficient (Wildman–Crippen LogP) is 3.17. The van der Waals surface area contributed by atoms with E-state index in [-0.39, 0.29) is 11.9 Å². The summed E-state index contributed by atoms with van der Waals surface area (Å²) in [5, 5.41) is 11.5. The van der Waals surface area contributed by atoms with E-state index in [0.29, 0.717) is 29.4 Å². The van der Waals surface area contributed by atoms with E-state index in [2.05, 4.69) is 61.4 Å². The summed E-state index contributed by atoms with van der Waals surface area (Å²) in [5.41, 5.74) is 4.00. The molecule has 0 bridgehead atoms. The van der Waals surface area contributed by atoms with Crippen molar-refractivity contribution < 1.29 is 9.53 Å². The van der Waals surface area contributed by atoms with Crippen LogP contribution in [0.15, 0.2) is 30.9 Å². The Hall–Kier alpha value is -4.03. The summed E-state index contributed by atoms with van der Waals surface area (Å²) >= 11 is 0. The molecule has 0 aliphatic carbocycles. The fourth-order valence-corrected chi connectivity index (χ4v) is 5.11. The van der Waals surface area contributed by atoms with E-state index < -0.39 is 0 Å². The molecule has 0 saturated carbocycles. The van der Waals surface area contributed by atoms with Gasteiger partial charge in [-0.3, -0.25) is 14.4 Å². The molecule has 2 atom stereocenters. The number of likely N-dealkylation sites (N-methyl/N-ethyl adjacent to an activating group) is 1. The van der Waals surface area contributed by atoms with Crippen molar-refractivity contribution in [2.75, 3.05) is 44.4 Å². The van der Waals surface area contributed by atoms with Crippen molar-refractivity contribution in [1.29, 1.82) is 0 Å². The van der Waals surface area contributed by atoms with E-state index in [1.807, 2.05) is 26.2 Å².